The lowest BCUT2D eigenvalue weighted by Gasteiger charge is -2.14. The zero-order valence-corrected chi connectivity index (χ0v) is 11.9. The molecule has 0 aliphatic rings. The molecule has 21 heavy (non-hydrogen) atoms. The third-order valence-corrected chi connectivity index (χ3v) is 3.23. The summed E-state index contributed by atoms with van der Waals surface area (Å²) in [6.45, 7) is 0.0169. The number of halogens is 1. The van der Waals surface area contributed by atoms with Crippen molar-refractivity contribution in [1.82, 2.24) is 0 Å². The van der Waals surface area contributed by atoms with Gasteiger partial charge in [0, 0.05) is 6.61 Å². The monoisotopic (exact) mass is 306 g/mol. The third-order valence-electron chi connectivity index (χ3n) is 2.91. The number of amidine groups is 1. The Bertz CT molecular complexity index is 659. The van der Waals surface area contributed by atoms with E-state index in [4.69, 9.17) is 32.4 Å². The molecule has 0 unspecified atom stereocenters. The predicted molar refractivity (Wildman–Crippen MR) is 81.3 cm³/mol. The molecule has 0 aliphatic carbocycles. The average molecular weight is 307 g/mol. The highest BCUT2D eigenvalue weighted by Crippen LogP contribution is 2.32. The van der Waals surface area contributed by atoms with Gasteiger partial charge in [-0.2, -0.15) is 0 Å². The number of aliphatic hydroxyl groups excluding tert-OH is 1. The van der Waals surface area contributed by atoms with Gasteiger partial charge in [0.15, 0.2) is 5.84 Å². The van der Waals surface area contributed by atoms with Crippen molar-refractivity contribution in [2.45, 2.75) is 6.42 Å². The highest BCUT2D eigenvalue weighted by atomic mass is 35.5. The van der Waals surface area contributed by atoms with Gasteiger partial charge in [0.25, 0.3) is 0 Å². The Hall–Kier alpha value is -2.24. The molecule has 110 valence electrons. The number of para-hydroxylation sites is 1. The molecule has 2 rings (SSSR count). The molecule has 0 saturated carbocycles. The van der Waals surface area contributed by atoms with Crippen LogP contribution in [0.3, 0.4) is 0 Å². The van der Waals surface area contributed by atoms with Gasteiger partial charge >= 0.3 is 0 Å². The van der Waals surface area contributed by atoms with E-state index in [2.05, 4.69) is 5.16 Å². The molecule has 0 saturated heterocycles. The second-order valence-corrected chi connectivity index (χ2v) is 4.69. The number of nitrogens with two attached hydrogens (primary N) is 1. The first-order valence-electron chi connectivity index (χ1n) is 6.30. The van der Waals surface area contributed by atoms with Crippen LogP contribution in [0.2, 0.25) is 5.02 Å². The van der Waals surface area contributed by atoms with Crippen molar-refractivity contribution < 1.29 is 15.1 Å². The van der Waals surface area contributed by atoms with Crippen molar-refractivity contribution in [2.75, 3.05) is 6.61 Å². The molecule has 0 heterocycles. The lowest BCUT2D eigenvalue weighted by molar-refractivity contribution is 0.298. The Morgan fingerprint density at radius 3 is 2.57 bits per heavy atom. The summed E-state index contributed by atoms with van der Waals surface area (Å²) in [5.41, 5.74) is 6.81. The van der Waals surface area contributed by atoms with Gasteiger partial charge in [0.2, 0.25) is 0 Å². The summed E-state index contributed by atoms with van der Waals surface area (Å²) in [5, 5.41) is 21.2. The molecule has 5 nitrogen and oxygen atoms in total. The van der Waals surface area contributed by atoms with Crippen LogP contribution in [-0.2, 0) is 6.42 Å². The fourth-order valence-electron chi connectivity index (χ4n) is 1.94. The predicted octanol–water partition coefficient (Wildman–Crippen LogP) is 2.76. The first-order valence-corrected chi connectivity index (χ1v) is 6.68. The first kappa shape index (κ1) is 15.2. The standard InChI is InChI=1S/C15H15ClN2O3/c16-11-5-3-7-13(14(11)15(17)18-20)21-12-6-2-1-4-10(12)8-9-19/h1-7,19-20H,8-9H2,(H2,17,18). The molecule has 0 aliphatic heterocycles. The van der Waals surface area contributed by atoms with E-state index in [1.807, 2.05) is 18.2 Å². The van der Waals surface area contributed by atoms with Crippen LogP contribution in [-0.4, -0.2) is 22.8 Å². The van der Waals surface area contributed by atoms with Crippen LogP contribution < -0.4 is 10.5 Å². The summed E-state index contributed by atoms with van der Waals surface area (Å²) < 4.78 is 5.83. The van der Waals surface area contributed by atoms with E-state index in [1.165, 1.54) is 0 Å². The zero-order valence-electron chi connectivity index (χ0n) is 11.2. The molecular formula is C15H15ClN2O3. The van der Waals surface area contributed by atoms with E-state index in [-0.39, 0.29) is 12.4 Å². The van der Waals surface area contributed by atoms with Gasteiger partial charge in [-0.15, -0.1) is 0 Å². The fourth-order valence-corrected chi connectivity index (χ4v) is 2.20. The van der Waals surface area contributed by atoms with Gasteiger partial charge in [0.1, 0.15) is 11.5 Å². The quantitative estimate of drug-likeness (QED) is 0.343. The zero-order chi connectivity index (χ0) is 15.2. The summed E-state index contributed by atoms with van der Waals surface area (Å²) >= 11 is 6.08. The topological polar surface area (TPSA) is 88.1 Å². The number of benzene rings is 2. The highest BCUT2D eigenvalue weighted by molar-refractivity contribution is 6.34. The van der Waals surface area contributed by atoms with Crippen molar-refractivity contribution in [3.63, 3.8) is 0 Å². The second-order valence-electron chi connectivity index (χ2n) is 4.28. The van der Waals surface area contributed by atoms with Crippen molar-refractivity contribution in [3.05, 3.63) is 58.6 Å². The first-order chi connectivity index (χ1) is 10.2. The maximum atomic E-state index is 9.09. The summed E-state index contributed by atoms with van der Waals surface area (Å²) in [7, 11) is 0. The van der Waals surface area contributed by atoms with Gasteiger partial charge in [0.05, 0.1) is 10.6 Å². The Morgan fingerprint density at radius 1 is 1.14 bits per heavy atom. The lowest BCUT2D eigenvalue weighted by Crippen LogP contribution is -2.15. The molecule has 2 aromatic carbocycles. The molecule has 0 aromatic heterocycles. The van der Waals surface area contributed by atoms with Crippen LogP contribution in [0.15, 0.2) is 47.6 Å². The van der Waals surface area contributed by atoms with Crippen LogP contribution in [0.4, 0.5) is 0 Å². The Balaban J connectivity index is 2.43. The van der Waals surface area contributed by atoms with Crippen LogP contribution in [0, 0.1) is 0 Å². The summed E-state index contributed by atoms with van der Waals surface area (Å²) in [4.78, 5) is 0. The van der Waals surface area contributed by atoms with Gasteiger partial charge in [-0.1, -0.05) is 41.0 Å². The maximum Gasteiger partial charge on any atom is 0.175 e. The van der Waals surface area contributed by atoms with Gasteiger partial charge < -0.3 is 20.8 Å². The minimum atomic E-state index is -0.129. The molecule has 0 atom stereocenters. The Labute approximate surface area is 127 Å². The van der Waals surface area contributed by atoms with Gasteiger partial charge in [-0.05, 0) is 30.2 Å². The van der Waals surface area contributed by atoms with Crippen LogP contribution in [0.1, 0.15) is 11.1 Å². The van der Waals surface area contributed by atoms with Crippen LogP contribution >= 0.6 is 11.6 Å². The van der Waals surface area contributed by atoms with Gasteiger partial charge in [-0.25, -0.2) is 0 Å². The Morgan fingerprint density at radius 2 is 1.86 bits per heavy atom. The van der Waals surface area contributed by atoms with Crippen LogP contribution in [0.25, 0.3) is 0 Å². The SMILES string of the molecule is N/C(=N/O)c1c(Cl)cccc1Oc1ccccc1CCO. The number of ether oxygens (including phenoxy) is 1. The minimum Gasteiger partial charge on any atom is -0.456 e. The van der Waals surface area contributed by atoms with E-state index in [0.29, 0.717) is 28.5 Å². The maximum absolute atomic E-state index is 9.09. The number of nitrogens with zero attached hydrogens (tertiary/aromatic N) is 1. The van der Waals surface area contributed by atoms with E-state index < -0.39 is 0 Å². The lowest BCUT2D eigenvalue weighted by atomic mass is 10.1. The molecule has 4 N–H and O–H groups in total. The van der Waals surface area contributed by atoms with Crippen molar-refractivity contribution >= 4 is 17.4 Å². The molecule has 0 spiro atoms. The molecule has 2 aromatic rings. The summed E-state index contributed by atoms with van der Waals surface area (Å²) in [6.07, 6.45) is 0.468. The van der Waals surface area contributed by atoms with Crippen molar-refractivity contribution in [3.8, 4) is 11.5 Å². The van der Waals surface area contributed by atoms with Crippen LogP contribution in [0.5, 0.6) is 11.5 Å². The normalized spacial score (nSPS) is 11.4. The third kappa shape index (κ3) is 3.45. The van der Waals surface area contributed by atoms with E-state index >= 15 is 0 Å². The number of aliphatic hydroxyl groups is 1. The second kappa shape index (κ2) is 6.97. The number of oxime groups is 1. The number of hydrogen-bond acceptors (Lipinski definition) is 4. The number of hydrogen-bond donors (Lipinski definition) is 3. The Kier molecular flexibility index (Phi) is 5.03. The van der Waals surface area contributed by atoms with Crippen molar-refractivity contribution in [1.29, 1.82) is 0 Å². The largest absolute Gasteiger partial charge is 0.456 e. The minimum absolute atomic E-state index is 0.0169. The fraction of sp³-hybridized carbons (Fsp3) is 0.133. The summed E-state index contributed by atoms with van der Waals surface area (Å²) in [6, 6.07) is 12.3. The molecular weight excluding hydrogens is 292 g/mol. The van der Waals surface area contributed by atoms with E-state index in [9.17, 15) is 0 Å². The average Bonchev–Trinajstić information content (AvgIpc) is 2.49. The van der Waals surface area contributed by atoms with Gasteiger partial charge in [-0.3, -0.25) is 0 Å². The molecule has 0 amide bonds. The van der Waals surface area contributed by atoms with Crippen molar-refractivity contribution in [2.24, 2.45) is 10.9 Å². The van der Waals surface area contributed by atoms with E-state index in [0.717, 1.165) is 5.56 Å². The molecule has 0 bridgehead atoms. The molecule has 0 fully saturated rings. The summed E-state index contributed by atoms with van der Waals surface area (Å²) in [5.74, 6) is 0.833. The van der Waals surface area contributed by atoms with E-state index in [1.54, 1.807) is 24.3 Å². The smallest absolute Gasteiger partial charge is 0.175 e. The molecule has 0 radical (unpaired) electrons. The number of rotatable bonds is 5. The highest BCUT2D eigenvalue weighted by Gasteiger charge is 2.14. The molecule has 6 heteroatoms.